The molecule has 3 aliphatic heterocycles. The first kappa shape index (κ1) is 16.4. The first-order chi connectivity index (χ1) is 12.1. The van der Waals surface area contributed by atoms with Gasteiger partial charge in [0, 0.05) is 12.1 Å². The number of aromatic nitrogens is 1. The zero-order valence-electron chi connectivity index (χ0n) is 14.0. The average Bonchev–Trinajstić information content (AvgIpc) is 3.09. The molecule has 3 aliphatic rings. The maximum absolute atomic E-state index is 12.6. The second-order valence-corrected chi connectivity index (χ2v) is 7.69. The number of thiazole rings is 1. The van der Waals surface area contributed by atoms with Crippen molar-refractivity contribution in [3.05, 3.63) is 35.5 Å². The van der Waals surface area contributed by atoms with Gasteiger partial charge in [-0.2, -0.15) is 0 Å². The zero-order valence-corrected chi connectivity index (χ0v) is 14.8. The third kappa shape index (κ3) is 3.34. The van der Waals surface area contributed by atoms with E-state index in [1.807, 2.05) is 0 Å². The van der Waals surface area contributed by atoms with Crippen LogP contribution in [0.3, 0.4) is 0 Å². The van der Waals surface area contributed by atoms with E-state index < -0.39 is 0 Å². The molecule has 0 saturated carbocycles. The number of benzene rings is 1. The largest absolute Gasteiger partial charge is 0.508 e. The van der Waals surface area contributed by atoms with Crippen LogP contribution in [-0.2, 0) is 0 Å². The van der Waals surface area contributed by atoms with Gasteiger partial charge < -0.3 is 15.2 Å². The van der Waals surface area contributed by atoms with E-state index in [2.05, 4.69) is 22.1 Å². The predicted octanol–water partition coefficient (Wildman–Crippen LogP) is 2.85. The number of fused-ring (bicyclic) bond motifs is 3. The number of piperidine rings is 3. The third-order valence-corrected chi connectivity index (χ3v) is 6.08. The summed E-state index contributed by atoms with van der Waals surface area (Å²) in [5.41, 5.74) is 0. The van der Waals surface area contributed by atoms with Crippen LogP contribution in [0.2, 0.25) is 0 Å². The highest BCUT2D eigenvalue weighted by molar-refractivity contribution is 7.15. The van der Waals surface area contributed by atoms with Crippen LogP contribution >= 0.6 is 11.3 Å². The summed E-state index contributed by atoms with van der Waals surface area (Å²) in [4.78, 5) is 19.2. The van der Waals surface area contributed by atoms with Crippen molar-refractivity contribution in [2.24, 2.45) is 5.92 Å². The van der Waals surface area contributed by atoms with Crippen LogP contribution in [0.1, 0.15) is 29.6 Å². The van der Waals surface area contributed by atoms with Gasteiger partial charge in [-0.05, 0) is 63.0 Å². The molecule has 3 saturated heterocycles. The van der Waals surface area contributed by atoms with E-state index in [0.29, 0.717) is 27.8 Å². The monoisotopic (exact) mass is 359 g/mol. The van der Waals surface area contributed by atoms with Crippen LogP contribution in [0.15, 0.2) is 30.5 Å². The minimum absolute atomic E-state index is 0.129. The van der Waals surface area contributed by atoms with Gasteiger partial charge in [-0.15, -0.1) is 0 Å². The Morgan fingerprint density at radius 3 is 2.72 bits per heavy atom. The van der Waals surface area contributed by atoms with Crippen molar-refractivity contribution in [1.29, 1.82) is 0 Å². The molecule has 2 N–H and O–H groups in total. The van der Waals surface area contributed by atoms with Crippen molar-refractivity contribution in [1.82, 2.24) is 15.2 Å². The molecule has 25 heavy (non-hydrogen) atoms. The van der Waals surface area contributed by atoms with Crippen molar-refractivity contribution in [2.45, 2.75) is 31.8 Å². The molecule has 7 heteroatoms. The maximum Gasteiger partial charge on any atom is 0.280 e. The van der Waals surface area contributed by atoms with Crippen molar-refractivity contribution < 1.29 is 14.6 Å². The van der Waals surface area contributed by atoms with Gasteiger partial charge >= 0.3 is 0 Å². The molecule has 1 aromatic carbocycles. The number of aromatic hydroxyl groups is 1. The summed E-state index contributed by atoms with van der Waals surface area (Å²) in [5, 5.41) is 13.4. The maximum atomic E-state index is 12.6. The lowest BCUT2D eigenvalue weighted by Crippen LogP contribution is -2.62. The molecular weight excluding hydrogens is 338 g/mol. The van der Waals surface area contributed by atoms with E-state index >= 15 is 0 Å². The molecule has 6 nitrogen and oxygen atoms in total. The van der Waals surface area contributed by atoms with Gasteiger partial charge in [0.2, 0.25) is 5.06 Å². The summed E-state index contributed by atoms with van der Waals surface area (Å²) in [5.74, 6) is 1.22. The van der Waals surface area contributed by atoms with Gasteiger partial charge in [-0.1, -0.05) is 11.3 Å². The lowest BCUT2D eigenvalue weighted by atomic mass is 9.79. The highest BCUT2D eigenvalue weighted by atomic mass is 32.1. The lowest BCUT2D eigenvalue weighted by Gasteiger charge is -2.49. The van der Waals surface area contributed by atoms with Crippen LogP contribution in [-0.4, -0.2) is 46.1 Å². The third-order valence-electron chi connectivity index (χ3n) is 5.21. The highest BCUT2D eigenvalue weighted by Gasteiger charge is 2.40. The molecule has 1 aromatic heterocycles. The summed E-state index contributed by atoms with van der Waals surface area (Å²) < 4.78 is 5.68. The Bertz CT molecular complexity index is 751. The average molecular weight is 359 g/mol. The molecular formula is C18H21N3O3S. The number of nitrogens with one attached hydrogen (secondary N) is 1. The van der Waals surface area contributed by atoms with Crippen molar-refractivity contribution in [3.63, 3.8) is 0 Å². The fourth-order valence-corrected chi connectivity index (χ4v) is 4.49. The standard InChI is InChI=1S/C18H21N3O3S/c1-11-16(12-6-8-21(11)9-7-12)20-17(23)18-19-10-15(25-18)24-14-4-2-13(22)3-5-14/h2-5,10-12,16,22H,6-9H2,1H3,(H,20,23). The van der Waals surface area contributed by atoms with Crippen LogP contribution in [0.5, 0.6) is 16.6 Å². The highest BCUT2D eigenvalue weighted by Crippen LogP contribution is 2.33. The molecule has 2 aromatic rings. The van der Waals surface area contributed by atoms with Crippen LogP contribution in [0, 0.1) is 5.92 Å². The Hall–Kier alpha value is -2.12. The number of nitrogens with zero attached hydrogens (tertiary/aromatic N) is 2. The first-order valence-electron chi connectivity index (χ1n) is 8.58. The number of carbonyl (C=O) groups excluding carboxylic acids is 1. The summed E-state index contributed by atoms with van der Waals surface area (Å²) in [6, 6.07) is 7.02. The Labute approximate surface area is 150 Å². The normalized spacial score (nSPS) is 27.9. The molecule has 2 unspecified atom stereocenters. The molecule has 0 radical (unpaired) electrons. The lowest BCUT2D eigenvalue weighted by molar-refractivity contribution is 0.0217. The van der Waals surface area contributed by atoms with Gasteiger partial charge in [0.25, 0.3) is 5.91 Å². The molecule has 1 amide bonds. The van der Waals surface area contributed by atoms with Gasteiger partial charge in [-0.3, -0.25) is 9.69 Å². The Balaban J connectivity index is 1.41. The SMILES string of the molecule is CC1C(NC(=O)c2ncc(Oc3ccc(O)cc3)s2)C2CCN1CC2. The quantitative estimate of drug-likeness (QED) is 0.878. The minimum Gasteiger partial charge on any atom is -0.508 e. The molecule has 132 valence electrons. The van der Waals surface area contributed by atoms with Crippen molar-refractivity contribution >= 4 is 17.2 Å². The minimum atomic E-state index is -0.129. The van der Waals surface area contributed by atoms with Gasteiger partial charge in [0.1, 0.15) is 11.5 Å². The smallest absolute Gasteiger partial charge is 0.280 e. The summed E-state index contributed by atoms with van der Waals surface area (Å²) >= 11 is 1.23. The number of amides is 1. The second-order valence-electron chi connectivity index (χ2n) is 6.69. The van der Waals surface area contributed by atoms with E-state index in [1.165, 1.54) is 11.3 Å². The number of phenolic OH excluding ortho intramolecular Hbond substituents is 1. The van der Waals surface area contributed by atoms with E-state index in [0.717, 1.165) is 25.9 Å². The molecule has 0 spiro atoms. The van der Waals surface area contributed by atoms with E-state index in [4.69, 9.17) is 4.74 Å². The summed E-state index contributed by atoms with van der Waals surface area (Å²) in [6.07, 6.45) is 3.87. The molecule has 2 atom stereocenters. The number of rotatable bonds is 4. The zero-order chi connectivity index (χ0) is 17.4. The number of hydrogen-bond acceptors (Lipinski definition) is 6. The molecule has 2 bridgehead atoms. The van der Waals surface area contributed by atoms with Crippen LogP contribution in [0.4, 0.5) is 0 Å². The molecule has 0 aliphatic carbocycles. The van der Waals surface area contributed by atoms with E-state index in [-0.39, 0.29) is 17.7 Å². The number of ether oxygens (including phenoxy) is 1. The Morgan fingerprint density at radius 2 is 2.04 bits per heavy atom. The van der Waals surface area contributed by atoms with Crippen molar-refractivity contribution in [2.75, 3.05) is 13.1 Å². The fraction of sp³-hybridized carbons (Fsp3) is 0.444. The molecule has 5 rings (SSSR count). The topological polar surface area (TPSA) is 74.7 Å². The summed E-state index contributed by atoms with van der Waals surface area (Å²) in [6.45, 7) is 4.47. The molecule has 3 fully saturated rings. The van der Waals surface area contributed by atoms with E-state index in [1.54, 1.807) is 30.5 Å². The first-order valence-corrected chi connectivity index (χ1v) is 9.39. The van der Waals surface area contributed by atoms with Crippen LogP contribution < -0.4 is 10.1 Å². The Morgan fingerprint density at radius 1 is 1.32 bits per heavy atom. The van der Waals surface area contributed by atoms with Crippen LogP contribution in [0.25, 0.3) is 0 Å². The predicted molar refractivity (Wildman–Crippen MR) is 95.3 cm³/mol. The Kier molecular flexibility index (Phi) is 4.35. The van der Waals surface area contributed by atoms with E-state index in [9.17, 15) is 9.90 Å². The van der Waals surface area contributed by atoms with Gasteiger partial charge in [-0.25, -0.2) is 4.98 Å². The number of phenols is 1. The second kappa shape index (κ2) is 6.65. The molecule has 4 heterocycles. The summed E-state index contributed by atoms with van der Waals surface area (Å²) in [7, 11) is 0. The number of carbonyl (C=O) groups is 1. The number of hydrogen-bond donors (Lipinski definition) is 2. The van der Waals surface area contributed by atoms with Crippen molar-refractivity contribution in [3.8, 4) is 16.6 Å². The van der Waals surface area contributed by atoms with Gasteiger partial charge in [0.05, 0.1) is 6.20 Å². The van der Waals surface area contributed by atoms with Gasteiger partial charge in [0.15, 0.2) is 5.01 Å². The fourth-order valence-electron chi connectivity index (χ4n) is 3.80.